The summed E-state index contributed by atoms with van der Waals surface area (Å²) in [6.45, 7) is 5.81. The molecule has 40 heavy (non-hydrogen) atoms. The number of unbranched alkanes of at least 4 members (excludes halogenated alkanes) is 1. The van der Waals surface area contributed by atoms with Crippen LogP contribution >= 0.6 is 11.3 Å². The number of thiophene rings is 1. The van der Waals surface area contributed by atoms with Gasteiger partial charge in [-0.1, -0.05) is 31.9 Å². The molecule has 1 aliphatic heterocycles. The number of phenolic OH excluding ortho intramolecular Hbond substituents is 1. The molecule has 0 aliphatic carbocycles. The Morgan fingerprint density at radius 3 is 2.48 bits per heavy atom. The normalized spacial score (nSPS) is 14.3. The molecule has 0 radical (unpaired) electrons. The largest absolute Gasteiger partial charge is 0.508 e. The highest BCUT2D eigenvalue weighted by Crippen LogP contribution is 2.47. The van der Waals surface area contributed by atoms with Crippen LogP contribution in [0.1, 0.15) is 39.0 Å². The first-order valence-electron chi connectivity index (χ1n) is 13.8. The molecule has 3 aromatic carbocycles. The molecule has 7 nitrogen and oxygen atoms in total. The van der Waals surface area contributed by atoms with E-state index in [1.165, 1.54) is 30.6 Å². The summed E-state index contributed by atoms with van der Waals surface area (Å²) in [5, 5.41) is 10.9. The van der Waals surface area contributed by atoms with Gasteiger partial charge >= 0.3 is 10.1 Å². The van der Waals surface area contributed by atoms with Gasteiger partial charge in [-0.15, -0.1) is 11.3 Å². The molecule has 0 bridgehead atoms. The van der Waals surface area contributed by atoms with E-state index < -0.39 is 10.1 Å². The van der Waals surface area contributed by atoms with Crippen LogP contribution < -0.4 is 13.7 Å². The molecule has 0 spiro atoms. The van der Waals surface area contributed by atoms with E-state index in [2.05, 4.69) is 4.90 Å². The number of aromatic hydroxyl groups is 1. The smallest absolute Gasteiger partial charge is 0.309 e. The van der Waals surface area contributed by atoms with Crippen LogP contribution in [0.2, 0.25) is 0 Å². The van der Waals surface area contributed by atoms with Crippen molar-refractivity contribution in [2.75, 3.05) is 32.0 Å². The minimum atomic E-state index is -3.68. The Kier molecular flexibility index (Phi) is 9.14. The predicted octanol–water partition coefficient (Wildman–Crippen LogP) is 7.44. The third-order valence-corrected chi connectivity index (χ3v) is 9.28. The van der Waals surface area contributed by atoms with Gasteiger partial charge in [0, 0.05) is 16.6 Å². The van der Waals surface area contributed by atoms with Crippen molar-refractivity contribution in [1.82, 2.24) is 4.90 Å². The number of fused-ring (bicyclic) bond motifs is 1. The molecule has 1 fully saturated rings. The van der Waals surface area contributed by atoms with Gasteiger partial charge in [-0.3, -0.25) is 4.90 Å². The maximum Gasteiger partial charge on any atom is 0.309 e. The number of hydrogen-bond donors (Lipinski definition) is 1. The highest BCUT2D eigenvalue weighted by Gasteiger charge is 2.19. The third kappa shape index (κ3) is 7.27. The van der Waals surface area contributed by atoms with E-state index in [1.807, 2.05) is 43.3 Å². The molecule has 1 saturated heterocycles. The average Bonchev–Trinajstić information content (AvgIpc) is 3.30. The Balaban J connectivity index is 1.36. The molecular weight excluding hydrogens is 546 g/mol. The van der Waals surface area contributed by atoms with E-state index in [9.17, 15) is 13.5 Å². The molecule has 1 N–H and O–H groups in total. The number of piperidine rings is 1. The van der Waals surface area contributed by atoms with Crippen molar-refractivity contribution in [2.45, 2.75) is 39.0 Å². The number of rotatable bonds is 12. The summed E-state index contributed by atoms with van der Waals surface area (Å²) in [7, 11) is -3.68. The number of phenols is 1. The maximum atomic E-state index is 12.4. The lowest BCUT2D eigenvalue weighted by Crippen LogP contribution is -2.33. The highest BCUT2D eigenvalue weighted by molar-refractivity contribution is 7.87. The number of benzene rings is 3. The lowest BCUT2D eigenvalue weighted by Gasteiger charge is -2.26. The van der Waals surface area contributed by atoms with Gasteiger partial charge in [0.25, 0.3) is 0 Å². The van der Waals surface area contributed by atoms with Crippen LogP contribution in [0.3, 0.4) is 0 Å². The van der Waals surface area contributed by atoms with Crippen LogP contribution in [0, 0.1) is 0 Å². The summed E-state index contributed by atoms with van der Waals surface area (Å²) in [4.78, 5) is 3.25. The standard InChI is InChI=1S/C31H35NO6S2/c1-2-3-20-40(34,35)38-27-9-7-8-23(21-27)31-30(28-15-10-24(33)22-29(28)39-31)37-26-13-11-25(12-14-26)36-19-18-32-16-5-4-6-17-32/h7-15,21-22,33H,2-6,16-20H2,1H3. The monoisotopic (exact) mass is 581 g/mol. The van der Waals surface area contributed by atoms with Gasteiger partial charge < -0.3 is 18.8 Å². The predicted molar refractivity (Wildman–Crippen MR) is 161 cm³/mol. The van der Waals surface area contributed by atoms with Crippen LogP contribution in [0.25, 0.3) is 20.5 Å². The van der Waals surface area contributed by atoms with Gasteiger partial charge in [-0.2, -0.15) is 8.42 Å². The molecule has 0 saturated carbocycles. The molecular formula is C31H35NO6S2. The quantitative estimate of drug-likeness (QED) is 0.174. The Hall–Kier alpha value is -3.27. The van der Waals surface area contributed by atoms with Gasteiger partial charge in [0.2, 0.25) is 0 Å². The summed E-state index contributed by atoms with van der Waals surface area (Å²) in [5.74, 6) is 2.46. The van der Waals surface area contributed by atoms with E-state index >= 15 is 0 Å². The van der Waals surface area contributed by atoms with Crippen LogP contribution in [-0.2, 0) is 10.1 Å². The minimum absolute atomic E-state index is 0.0256. The molecule has 9 heteroatoms. The number of hydrogen-bond acceptors (Lipinski definition) is 8. The Morgan fingerprint density at radius 1 is 0.925 bits per heavy atom. The van der Waals surface area contributed by atoms with Crippen molar-refractivity contribution >= 4 is 31.5 Å². The first-order valence-corrected chi connectivity index (χ1v) is 16.2. The van der Waals surface area contributed by atoms with E-state index in [1.54, 1.807) is 30.3 Å². The van der Waals surface area contributed by atoms with Gasteiger partial charge in [0.05, 0.1) is 10.6 Å². The summed E-state index contributed by atoms with van der Waals surface area (Å²) in [6.07, 6.45) is 5.16. The molecule has 212 valence electrons. The van der Waals surface area contributed by atoms with Crippen molar-refractivity contribution in [3.63, 3.8) is 0 Å². The van der Waals surface area contributed by atoms with Gasteiger partial charge in [0.1, 0.15) is 29.6 Å². The molecule has 1 aromatic heterocycles. The fraction of sp³-hybridized carbons (Fsp3) is 0.355. The van der Waals surface area contributed by atoms with Crippen LogP contribution in [-0.4, -0.2) is 50.4 Å². The van der Waals surface area contributed by atoms with Crippen LogP contribution in [0.5, 0.6) is 28.7 Å². The van der Waals surface area contributed by atoms with Crippen molar-refractivity contribution in [1.29, 1.82) is 0 Å². The first-order chi connectivity index (χ1) is 19.4. The van der Waals surface area contributed by atoms with E-state index in [4.69, 9.17) is 13.7 Å². The SMILES string of the molecule is CCCCS(=O)(=O)Oc1cccc(-c2sc3cc(O)ccc3c2Oc2ccc(OCCN3CCCCC3)cc2)c1. The summed E-state index contributed by atoms with van der Waals surface area (Å²) >= 11 is 1.46. The van der Waals surface area contributed by atoms with Crippen molar-refractivity contribution in [3.05, 3.63) is 66.7 Å². The zero-order chi connectivity index (χ0) is 28.0. The van der Waals surface area contributed by atoms with Gasteiger partial charge in [0.15, 0.2) is 5.75 Å². The molecule has 0 amide bonds. The summed E-state index contributed by atoms with van der Waals surface area (Å²) < 4.78 is 43.4. The van der Waals surface area contributed by atoms with E-state index in [0.29, 0.717) is 24.5 Å². The highest BCUT2D eigenvalue weighted by atomic mass is 32.2. The first kappa shape index (κ1) is 28.3. The van der Waals surface area contributed by atoms with Crippen LogP contribution in [0.15, 0.2) is 66.7 Å². The van der Waals surface area contributed by atoms with E-state index in [0.717, 1.165) is 52.3 Å². The minimum Gasteiger partial charge on any atom is -0.508 e. The lowest BCUT2D eigenvalue weighted by molar-refractivity contribution is 0.183. The second kappa shape index (κ2) is 12.9. The number of ether oxygens (including phenoxy) is 2. The topological polar surface area (TPSA) is 85.3 Å². The average molecular weight is 582 g/mol. The Labute approximate surface area is 240 Å². The molecule has 0 atom stereocenters. The van der Waals surface area contributed by atoms with E-state index in [-0.39, 0.29) is 17.3 Å². The van der Waals surface area contributed by atoms with Crippen LogP contribution in [0.4, 0.5) is 0 Å². The lowest BCUT2D eigenvalue weighted by atomic mass is 10.1. The molecule has 1 aliphatic rings. The second-order valence-electron chi connectivity index (χ2n) is 9.99. The number of likely N-dealkylation sites (tertiary alicyclic amines) is 1. The molecule has 5 rings (SSSR count). The Bertz CT molecular complexity index is 1530. The zero-order valence-electron chi connectivity index (χ0n) is 22.7. The zero-order valence-corrected chi connectivity index (χ0v) is 24.3. The second-order valence-corrected chi connectivity index (χ2v) is 12.7. The molecule has 4 aromatic rings. The van der Waals surface area contributed by atoms with Gasteiger partial charge in [-0.05, 0) is 92.5 Å². The fourth-order valence-electron chi connectivity index (χ4n) is 4.75. The fourth-order valence-corrected chi connectivity index (χ4v) is 7.03. The summed E-state index contributed by atoms with van der Waals surface area (Å²) in [5.41, 5.74) is 0.761. The maximum absolute atomic E-state index is 12.4. The van der Waals surface area contributed by atoms with Crippen molar-refractivity contribution in [3.8, 4) is 39.2 Å². The Morgan fingerprint density at radius 2 is 1.70 bits per heavy atom. The molecule has 2 heterocycles. The summed E-state index contributed by atoms with van der Waals surface area (Å²) in [6, 6.07) is 19.7. The third-order valence-electron chi connectivity index (χ3n) is 6.86. The van der Waals surface area contributed by atoms with Crippen molar-refractivity contribution in [2.24, 2.45) is 0 Å². The molecule has 0 unspecified atom stereocenters. The van der Waals surface area contributed by atoms with Crippen molar-refractivity contribution < 1.29 is 27.2 Å². The van der Waals surface area contributed by atoms with Gasteiger partial charge in [-0.25, -0.2) is 0 Å². The number of nitrogens with zero attached hydrogens (tertiary/aromatic N) is 1.